The molecule has 1 aromatic rings. The number of carbonyl (C=O) groups is 2. The number of hydrogen-bond acceptors (Lipinski definition) is 4. The topological polar surface area (TPSA) is 66.4 Å². The summed E-state index contributed by atoms with van der Waals surface area (Å²) in [4.78, 5) is 22.3. The number of carbonyl (C=O) groups excluding carboxylic acids is 1. The van der Waals surface area contributed by atoms with Crippen molar-refractivity contribution in [2.45, 2.75) is 6.42 Å². The summed E-state index contributed by atoms with van der Waals surface area (Å²) in [6.45, 7) is 0.472. The molecule has 21 heavy (non-hydrogen) atoms. The highest BCUT2D eigenvalue weighted by Gasteiger charge is 2.10. The summed E-state index contributed by atoms with van der Waals surface area (Å²) in [7, 11) is 2.99. The van der Waals surface area contributed by atoms with E-state index in [-0.39, 0.29) is 12.3 Å². The zero-order chi connectivity index (χ0) is 15.7. The van der Waals surface area contributed by atoms with Crippen LogP contribution in [-0.2, 0) is 4.79 Å². The Morgan fingerprint density at radius 3 is 2.71 bits per heavy atom. The van der Waals surface area contributed by atoms with Crippen LogP contribution in [0.3, 0.4) is 0 Å². The minimum Gasteiger partial charge on any atom is -0.481 e. The van der Waals surface area contributed by atoms with E-state index in [1.54, 1.807) is 18.2 Å². The van der Waals surface area contributed by atoms with Crippen LogP contribution < -0.4 is 5.32 Å². The van der Waals surface area contributed by atoms with Crippen molar-refractivity contribution in [3.05, 3.63) is 34.3 Å². The van der Waals surface area contributed by atoms with Crippen molar-refractivity contribution >= 4 is 45.1 Å². The third-order valence-electron chi connectivity index (χ3n) is 2.33. The third-order valence-corrected chi connectivity index (χ3v) is 5.07. The van der Waals surface area contributed by atoms with E-state index in [2.05, 4.69) is 11.2 Å². The van der Waals surface area contributed by atoms with Crippen molar-refractivity contribution in [3.8, 4) is 12.3 Å². The molecule has 0 spiro atoms. The van der Waals surface area contributed by atoms with Crippen LogP contribution in [0.15, 0.2) is 18.2 Å². The van der Waals surface area contributed by atoms with Gasteiger partial charge in [0.2, 0.25) is 0 Å². The number of halogens is 1. The maximum atomic E-state index is 12.0. The second kappa shape index (κ2) is 9.61. The lowest BCUT2D eigenvalue weighted by atomic mass is 10.1. The Balaban J connectivity index is 2.31. The van der Waals surface area contributed by atoms with Crippen LogP contribution in [0.2, 0.25) is 5.02 Å². The summed E-state index contributed by atoms with van der Waals surface area (Å²) < 4.78 is 0. The molecule has 0 aliphatic heterocycles. The second-order valence-electron chi connectivity index (χ2n) is 3.88. The predicted octanol–water partition coefficient (Wildman–Crippen LogP) is 2.91. The number of hydrogen-bond donors (Lipinski definition) is 2. The number of amides is 1. The quantitative estimate of drug-likeness (QED) is 0.431. The van der Waals surface area contributed by atoms with Crippen LogP contribution in [0.1, 0.15) is 22.3 Å². The highest BCUT2D eigenvalue weighted by molar-refractivity contribution is 8.76. The Kier molecular flexibility index (Phi) is 8.13. The van der Waals surface area contributed by atoms with E-state index in [9.17, 15) is 9.59 Å². The molecule has 7 heteroatoms. The summed E-state index contributed by atoms with van der Waals surface area (Å²) in [6.07, 6.45) is 5.42. The molecule has 4 nitrogen and oxygen atoms in total. The van der Waals surface area contributed by atoms with E-state index >= 15 is 0 Å². The molecule has 0 aliphatic rings. The van der Waals surface area contributed by atoms with Crippen LogP contribution in [0.4, 0.5) is 0 Å². The number of benzene rings is 1. The van der Waals surface area contributed by atoms with Crippen LogP contribution in [0.5, 0.6) is 0 Å². The summed E-state index contributed by atoms with van der Waals surface area (Å²) in [6, 6.07) is 4.85. The van der Waals surface area contributed by atoms with Gasteiger partial charge in [0.15, 0.2) is 0 Å². The summed E-state index contributed by atoms with van der Waals surface area (Å²) >= 11 is 5.96. The van der Waals surface area contributed by atoms with Gasteiger partial charge in [-0.1, -0.05) is 39.1 Å². The molecule has 0 aliphatic carbocycles. The van der Waals surface area contributed by atoms with Gasteiger partial charge in [-0.2, -0.15) is 0 Å². The first-order valence-electron chi connectivity index (χ1n) is 6.05. The van der Waals surface area contributed by atoms with Gasteiger partial charge in [-0.25, -0.2) is 0 Å². The van der Waals surface area contributed by atoms with Crippen molar-refractivity contribution in [3.63, 3.8) is 0 Å². The van der Waals surface area contributed by atoms with Crippen molar-refractivity contribution in [2.24, 2.45) is 0 Å². The number of terminal acetylenes is 1. The summed E-state index contributed by atoms with van der Waals surface area (Å²) in [5.41, 5.74) is 0.957. The second-order valence-corrected chi connectivity index (χ2v) is 6.99. The molecule has 0 radical (unpaired) electrons. The van der Waals surface area contributed by atoms with E-state index in [4.69, 9.17) is 23.1 Å². The lowest BCUT2D eigenvalue weighted by molar-refractivity contribution is -0.136. The van der Waals surface area contributed by atoms with Crippen LogP contribution in [0, 0.1) is 12.3 Å². The van der Waals surface area contributed by atoms with Crippen LogP contribution >= 0.6 is 33.2 Å². The molecule has 0 unspecified atom stereocenters. The fourth-order valence-electron chi connectivity index (χ4n) is 1.34. The zero-order valence-electron chi connectivity index (χ0n) is 11.1. The van der Waals surface area contributed by atoms with Crippen molar-refractivity contribution in [1.82, 2.24) is 5.32 Å². The van der Waals surface area contributed by atoms with Crippen LogP contribution in [0.25, 0.3) is 0 Å². The molecule has 1 amide bonds. The molecule has 2 N–H and O–H groups in total. The zero-order valence-corrected chi connectivity index (χ0v) is 13.5. The average Bonchev–Trinajstić information content (AvgIpc) is 2.46. The molecular weight excluding hydrogens is 330 g/mol. The van der Waals surface area contributed by atoms with Gasteiger partial charge in [0, 0.05) is 23.6 Å². The van der Waals surface area contributed by atoms with Crippen molar-refractivity contribution in [1.29, 1.82) is 0 Å². The standard InChI is InChI=1S/C14H14ClNO3S2/c1-2-10-3-4-12(15)11(9-10)14(19)16-6-8-21-20-7-5-13(17)18/h1,3-4,9H,5-8H2,(H,16,19)(H,17,18). The van der Waals surface area contributed by atoms with Gasteiger partial charge in [0.05, 0.1) is 17.0 Å². The molecule has 0 heterocycles. The van der Waals surface area contributed by atoms with Gasteiger partial charge in [0.1, 0.15) is 0 Å². The van der Waals surface area contributed by atoms with Gasteiger partial charge >= 0.3 is 5.97 Å². The third kappa shape index (κ3) is 6.80. The molecule has 1 rings (SSSR count). The Bertz CT molecular complexity index is 558. The minimum atomic E-state index is -0.806. The van der Waals surface area contributed by atoms with E-state index in [0.29, 0.717) is 34.2 Å². The molecule has 112 valence electrons. The summed E-state index contributed by atoms with van der Waals surface area (Å²) in [5.74, 6) is 2.61. The first kappa shape index (κ1) is 17.8. The molecule has 0 bridgehead atoms. The van der Waals surface area contributed by atoms with Gasteiger partial charge in [0.25, 0.3) is 5.91 Å². The summed E-state index contributed by atoms with van der Waals surface area (Å²) in [5, 5.41) is 11.6. The normalized spacial score (nSPS) is 9.90. The Morgan fingerprint density at radius 2 is 2.05 bits per heavy atom. The smallest absolute Gasteiger partial charge is 0.304 e. The number of nitrogens with one attached hydrogen (secondary N) is 1. The Hall–Kier alpha value is -1.29. The largest absolute Gasteiger partial charge is 0.481 e. The number of carboxylic acid groups (broad SMARTS) is 1. The predicted molar refractivity (Wildman–Crippen MR) is 88.9 cm³/mol. The van der Waals surface area contributed by atoms with Gasteiger partial charge < -0.3 is 10.4 Å². The molecule has 0 aromatic heterocycles. The fourth-order valence-corrected chi connectivity index (χ4v) is 3.43. The molecule has 0 saturated heterocycles. The molecule has 0 atom stereocenters. The lowest BCUT2D eigenvalue weighted by Crippen LogP contribution is -2.26. The lowest BCUT2D eigenvalue weighted by Gasteiger charge is -2.07. The Labute approximate surface area is 136 Å². The fraction of sp³-hybridized carbons (Fsp3) is 0.286. The van der Waals surface area contributed by atoms with Crippen molar-refractivity contribution in [2.75, 3.05) is 18.1 Å². The maximum Gasteiger partial charge on any atom is 0.304 e. The number of rotatable bonds is 8. The van der Waals surface area contributed by atoms with E-state index < -0.39 is 5.97 Å². The average molecular weight is 344 g/mol. The molecular formula is C14H14ClNO3S2. The van der Waals surface area contributed by atoms with Gasteiger partial charge in [-0.3, -0.25) is 9.59 Å². The Morgan fingerprint density at radius 1 is 1.33 bits per heavy atom. The highest BCUT2D eigenvalue weighted by Crippen LogP contribution is 2.21. The van der Waals surface area contributed by atoms with E-state index in [1.807, 2.05) is 0 Å². The molecule has 1 aromatic carbocycles. The molecule has 0 saturated carbocycles. The SMILES string of the molecule is C#Cc1ccc(Cl)c(C(=O)NCCSSCCC(=O)O)c1. The van der Waals surface area contributed by atoms with Crippen molar-refractivity contribution < 1.29 is 14.7 Å². The monoisotopic (exact) mass is 343 g/mol. The van der Waals surface area contributed by atoms with E-state index in [1.165, 1.54) is 21.6 Å². The first-order chi connectivity index (χ1) is 10.0. The number of carboxylic acids is 1. The van der Waals surface area contributed by atoms with Gasteiger partial charge in [-0.15, -0.1) is 6.42 Å². The first-order valence-corrected chi connectivity index (χ1v) is 8.91. The maximum absolute atomic E-state index is 12.0. The number of aliphatic carboxylic acids is 1. The van der Waals surface area contributed by atoms with Gasteiger partial charge in [-0.05, 0) is 18.2 Å². The van der Waals surface area contributed by atoms with Crippen LogP contribution in [-0.4, -0.2) is 35.0 Å². The highest BCUT2D eigenvalue weighted by atomic mass is 35.5. The molecule has 0 fully saturated rings. The minimum absolute atomic E-state index is 0.137. The van der Waals surface area contributed by atoms with E-state index in [0.717, 1.165) is 0 Å².